The highest BCUT2D eigenvalue weighted by molar-refractivity contribution is 6.30. The summed E-state index contributed by atoms with van der Waals surface area (Å²) in [4.78, 5) is 21.6. The minimum Gasteiger partial charge on any atom is -0.371 e. The molecule has 0 spiro atoms. The van der Waals surface area contributed by atoms with Crippen LogP contribution in [0.1, 0.15) is 38.4 Å². The molecule has 1 atom stereocenters. The third-order valence-corrected chi connectivity index (χ3v) is 5.98. The molecule has 0 aromatic carbocycles. The molecule has 0 aliphatic carbocycles. The number of aromatic nitrogens is 4. The standard InChI is InChI=1S/C21H27ClN6O/c1-15(2)25(3)18-9-21(29)28(24-11-18)17-5-4-8-26(13-17)14-19-10-23-20-7-6-16(22)12-27(19)20/h6-7,9-12,15,17H,4-5,8,13-14H2,1-3H3/t17-/m1/s1. The molecule has 1 aliphatic rings. The zero-order valence-corrected chi connectivity index (χ0v) is 17.9. The number of rotatable bonds is 5. The van der Waals surface area contributed by atoms with Gasteiger partial charge in [0.25, 0.3) is 5.56 Å². The molecule has 0 amide bonds. The maximum atomic E-state index is 12.7. The van der Waals surface area contributed by atoms with Gasteiger partial charge in [-0.25, -0.2) is 9.67 Å². The van der Waals surface area contributed by atoms with Gasteiger partial charge in [-0.1, -0.05) is 11.6 Å². The molecule has 1 aliphatic heterocycles. The highest BCUT2D eigenvalue weighted by Crippen LogP contribution is 2.22. The van der Waals surface area contributed by atoms with Crippen molar-refractivity contribution in [3.63, 3.8) is 0 Å². The fourth-order valence-corrected chi connectivity index (χ4v) is 4.06. The highest BCUT2D eigenvalue weighted by atomic mass is 35.5. The van der Waals surface area contributed by atoms with Crippen LogP contribution in [0.4, 0.5) is 5.69 Å². The van der Waals surface area contributed by atoms with Crippen LogP contribution in [0.15, 0.2) is 41.6 Å². The van der Waals surface area contributed by atoms with Crippen molar-refractivity contribution in [3.05, 3.63) is 57.9 Å². The monoisotopic (exact) mass is 414 g/mol. The van der Waals surface area contributed by atoms with Crippen molar-refractivity contribution in [1.82, 2.24) is 24.1 Å². The van der Waals surface area contributed by atoms with Crippen LogP contribution in [-0.2, 0) is 6.54 Å². The molecule has 154 valence electrons. The molecule has 4 heterocycles. The van der Waals surface area contributed by atoms with E-state index in [-0.39, 0.29) is 11.6 Å². The smallest absolute Gasteiger partial charge is 0.269 e. The molecule has 29 heavy (non-hydrogen) atoms. The Balaban J connectivity index is 1.51. The molecule has 1 fully saturated rings. The van der Waals surface area contributed by atoms with Crippen LogP contribution in [0.2, 0.25) is 5.02 Å². The van der Waals surface area contributed by atoms with Crippen molar-refractivity contribution in [1.29, 1.82) is 0 Å². The summed E-state index contributed by atoms with van der Waals surface area (Å²) in [6.07, 6.45) is 7.59. The van der Waals surface area contributed by atoms with Crippen LogP contribution in [0.25, 0.3) is 5.65 Å². The van der Waals surface area contributed by atoms with Gasteiger partial charge in [0.15, 0.2) is 0 Å². The number of hydrogen-bond acceptors (Lipinski definition) is 5. The highest BCUT2D eigenvalue weighted by Gasteiger charge is 2.24. The second-order valence-corrected chi connectivity index (χ2v) is 8.49. The van der Waals surface area contributed by atoms with Crippen LogP contribution in [0.5, 0.6) is 0 Å². The molecule has 7 nitrogen and oxygen atoms in total. The van der Waals surface area contributed by atoms with Crippen LogP contribution < -0.4 is 10.5 Å². The molecule has 0 unspecified atom stereocenters. The van der Waals surface area contributed by atoms with Gasteiger partial charge in [-0.05, 0) is 45.4 Å². The Hall–Kier alpha value is -2.38. The molecule has 3 aromatic heterocycles. The van der Waals surface area contributed by atoms with E-state index in [1.807, 2.05) is 36.0 Å². The lowest BCUT2D eigenvalue weighted by Crippen LogP contribution is -2.40. The summed E-state index contributed by atoms with van der Waals surface area (Å²) in [6, 6.07) is 5.86. The third-order valence-electron chi connectivity index (χ3n) is 5.75. The van der Waals surface area contributed by atoms with Gasteiger partial charge < -0.3 is 9.30 Å². The van der Waals surface area contributed by atoms with Gasteiger partial charge in [-0.3, -0.25) is 9.69 Å². The van der Waals surface area contributed by atoms with E-state index in [0.717, 1.165) is 49.5 Å². The first-order valence-electron chi connectivity index (χ1n) is 10.1. The Kier molecular flexibility index (Phi) is 5.61. The average molecular weight is 415 g/mol. The van der Waals surface area contributed by atoms with Gasteiger partial charge in [-0.15, -0.1) is 0 Å². The molecule has 1 saturated heterocycles. The Morgan fingerprint density at radius 2 is 2.14 bits per heavy atom. The summed E-state index contributed by atoms with van der Waals surface area (Å²) in [5.74, 6) is 0. The number of likely N-dealkylation sites (tertiary alicyclic amines) is 1. The van der Waals surface area contributed by atoms with E-state index in [4.69, 9.17) is 11.6 Å². The summed E-state index contributed by atoms with van der Waals surface area (Å²) in [6.45, 7) is 6.74. The summed E-state index contributed by atoms with van der Waals surface area (Å²) in [5, 5.41) is 5.19. The fraction of sp³-hybridized carbons (Fsp3) is 0.476. The lowest BCUT2D eigenvalue weighted by Gasteiger charge is -2.33. The van der Waals surface area contributed by atoms with Crippen LogP contribution in [0.3, 0.4) is 0 Å². The second kappa shape index (κ2) is 8.16. The maximum Gasteiger partial charge on any atom is 0.269 e. The van der Waals surface area contributed by atoms with E-state index in [2.05, 4.69) is 33.7 Å². The largest absolute Gasteiger partial charge is 0.371 e. The van der Waals surface area contributed by atoms with Crippen molar-refractivity contribution in [2.75, 3.05) is 25.0 Å². The zero-order valence-electron chi connectivity index (χ0n) is 17.1. The number of anilines is 1. The molecule has 4 rings (SSSR count). The maximum absolute atomic E-state index is 12.7. The summed E-state index contributed by atoms with van der Waals surface area (Å²) in [7, 11) is 1.98. The average Bonchev–Trinajstić information content (AvgIpc) is 3.09. The number of nitrogens with zero attached hydrogens (tertiary/aromatic N) is 6. The van der Waals surface area contributed by atoms with E-state index >= 15 is 0 Å². The molecule has 0 bridgehead atoms. The van der Waals surface area contributed by atoms with Crippen molar-refractivity contribution in [2.45, 2.75) is 45.3 Å². The molecule has 8 heteroatoms. The summed E-state index contributed by atoms with van der Waals surface area (Å²) < 4.78 is 3.68. The second-order valence-electron chi connectivity index (χ2n) is 8.06. The number of fused-ring (bicyclic) bond motifs is 1. The van der Waals surface area contributed by atoms with E-state index in [9.17, 15) is 4.79 Å². The fourth-order valence-electron chi connectivity index (χ4n) is 3.90. The quantitative estimate of drug-likeness (QED) is 0.641. The van der Waals surface area contributed by atoms with Gasteiger partial charge in [0.2, 0.25) is 0 Å². The van der Waals surface area contributed by atoms with Crippen molar-refractivity contribution in [2.24, 2.45) is 0 Å². The summed E-state index contributed by atoms with van der Waals surface area (Å²) >= 11 is 6.15. The number of pyridine rings is 1. The van der Waals surface area contributed by atoms with Crippen LogP contribution >= 0.6 is 11.6 Å². The lowest BCUT2D eigenvalue weighted by atomic mass is 10.1. The first-order chi connectivity index (χ1) is 13.9. The number of imidazole rings is 1. The SMILES string of the molecule is CC(C)N(C)c1cnn([C@@H]2CCCN(Cc3cnc4ccc(Cl)cn34)C2)c(=O)c1. The third kappa shape index (κ3) is 4.16. The lowest BCUT2D eigenvalue weighted by molar-refractivity contribution is 0.158. The van der Waals surface area contributed by atoms with Crippen molar-refractivity contribution in [3.8, 4) is 0 Å². The topological polar surface area (TPSA) is 58.7 Å². The van der Waals surface area contributed by atoms with Crippen LogP contribution in [-0.4, -0.2) is 50.2 Å². The Labute approximate surface area is 175 Å². The number of hydrogen-bond donors (Lipinski definition) is 0. The minimum atomic E-state index is -0.0385. The Morgan fingerprint density at radius 3 is 2.90 bits per heavy atom. The molecular weight excluding hydrogens is 388 g/mol. The predicted molar refractivity (Wildman–Crippen MR) is 116 cm³/mol. The van der Waals surface area contributed by atoms with Gasteiger partial charge >= 0.3 is 0 Å². The Morgan fingerprint density at radius 1 is 1.31 bits per heavy atom. The number of piperidine rings is 1. The van der Waals surface area contributed by atoms with E-state index < -0.39 is 0 Å². The van der Waals surface area contributed by atoms with Gasteiger partial charge in [0.05, 0.1) is 34.8 Å². The molecule has 0 saturated carbocycles. The molecule has 3 aromatic rings. The molecular formula is C21H27ClN6O. The molecule has 0 radical (unpaired) electrons. The predicted octanol–water partition coefficient (Wildman–Crippen LogP) is 3.23. The van der Waals surface area contributed by atoms with Crippen molar-refractivity contribution < 1.29 is 0 Å². The van der Waals surface area contributed by atoms with Gasteiger partial charge in [-0.2, -0.15) is 5.10 Å². The molecule has 0 N–H and O–H groups in total. The van der Waals surface area contributed by atoms with Gasteiger partial charge in [0, 0.05) is 38.4 Å². The number of halogens is 1. The minimum absolute atomic E-state index is 0.0385. The normalized spacial score (nSPS) is 17.9. The first kappa shape index (κ1) is 19.9. The zero-order chi connectivity index (χ0) is 20.5. The van der Waals surface area contributed by atoms with E-state index in [1.165, 1.54) is 0 Å². The van der Waals surface area contributed by atoms with Crippen LogP contribution in [0, 0.1) is 0 Å². The van der Waals surface area contributed by atoms with Crippen molar-refractivity contribution >= 4 is 22.9 Å². The first-order valence-corrected chi connectivity index (χ1v) is 10.5. The van der Waals surface area contributed by atoms with E-state index in [1.54, 1.807) is 16.9 Å². The van der Waals surface area contributed by atoms with Gasteiger partial charge in [0.1, 0.15) is 5.65 Å². The summed E-state index contributed by atoms with van der Waals surface area (Å²) in [5.41, 5.74) is 2.80. The Bertz CT molecular complexity index is 1060. The van der Waals surface area contributed by atoms with E-state index in [0.29, 0.717) is 11.1 Å².